The average molecular weight is 156 g/mol. The molecule has 0 aromatic rings. The second-order valence-corrected chi connectivity index (χ2v) is 2.86. The second-order valence-electron chi connectivity index (χ2n) is 2.86. The van der Waals surface area contributed by atoms with Gasteiger partial charge < -0.3 is 10.0 Å². The summed E-state index contributed by atoms with van der Waals surface area (Å²) in [7, 11) is 0. The first-order valence-corrected chi connectivity index (χ1v) is 3.99. The summed E-state index contributed by atoms with van der Waals surface area (Å²) in [6.07, 6.45) is 1.55. The summed E-state index contributed by atoms with van der Waals surface area (Å²) in [5.74, 6) is 0.0944. The van der Waals surface area contributed by atoms with Crippen molar-refractivity contribution in [3.63, 3.8) is 0 Å². The van der Waals surface area contributed by atoms with Gasteiger partial charge in [-0.1, -0.05) is 0 Å². The number of piperidine rings is 1. The van der Waals surface area contributed by atoms with Crippen LogP contribution in [-0.4, -0.2) is 35.1 Å². The zero-order valence-electron chi connectivity index (χ0n) is 6.62. The number of rotatable bonds is 1. The van der Waals surface area contributed by atoms with E-state index in [1.165, 1.54) is 0 Å². The van der Waals surface area contributed by atoms with Crippen LogP contribution in [0.25, 0.3) is 0 Å². The monoisotopic (exact) mass is 156 g/mol. The Kier molecular flexibility index (Phi) is 2.88. The molecule has 3 heteroatoms. The molecule has 1 aliphatic rings. The van der Waals surface area contributed by atoms with Crippen LogP contribution in [0.15, 0.2) is 0 Å². The van der Waals surface area contributed by atoms with Crippen molar-refractivity contribution in [3.05, 3.63) is 6.92 Å². The van der Waals surface area contributed by atoms with Gasteiger partial charge in [-0.3, -0.25) is 4.79 Å². The van der Waals surface area contributed by atoms with E-state index in [1.54, 1.807) is 4.90 Å². The fourth-order valence-corrected chi connectivity index (χ4v) is 1.27. The van der Waals surface area contributed by atoms with Gasteiger partial charge in [-0.2, -0.15) is 0 Å². The maximum atomic E-state index is 11.1. The maximum Gasteiger partial charge on any atom is 0.222 e. The van der Waals surface area contributed by atoms with Crippen LogP contribution in [0.5, 0.6) is 0 Å². The number of aliphatic hydroxyl groups is 1. The van der Waals surface area contributed by atoms with Crippen molar-refractivity contribution in [2.24, 2.45) is 0 Å². The van der Waals surface area contributed by atoms with Crippen molar-refractivity contribution in [3.8, 4) is 0 Å². The van der Waals surface area contributed by atoms with Gasteiger partial charge in [0.1, 0.15) is 0 Å². The van der Waals surface area contributed by atoms with Gasteiger partial charge in [0, 0.05) is 19.5 Å². The molecule has 1 saturated heterocycles. The van der Waals surface area contributed by atoms with Crippen molar-refractivity contribution in [2.45, 2.75) is 25.4 Å². The number of hydrogen-bond acceptors (Lipinski definition) is 2. The third kappa shape index (κ3) is 2.19. The Morgan fingerprint density at radius 3 is 2.55 bits per heavy atom. The minimum atomic E-state index is -0.205. The lowest BCUT2D eigenvalue weighted by Gasteiger charge is -2.29. The number of nitrogens with zero attached hydrogens (tertiary/aromatic N) is 1. The number of carbonyl (C=O) groups excluding carboxylic acids is 1. The Balaban J connectivity index is 2.33. The van der Waals surface area contributed by atoms with E-state index < -0.39 is 0 Å². The SMILES string of the molecule is [CH2]CC(=O)N1CCC(O)CC1. The molecule has 0 bridgehead atoms. The summed E-state index contributed by atoms with van der Waals surface area (Å²) in [6.45, 7) is 4.91. The molecule has 1 radical (unpaired) electrons. The summed E-state index contributed by atoms with van der Waals surface area (Å²) in [6, 6.07) is 0. The van der Waals surface area contributed by atoms with E-state index >= 15 is 0 Å². The highest BCUT2D eigenvalue weighted by Gasteiger charge is 2.19. The summed E-state index contributed by atoms with van der Waals surface area (Å²) < 4.78 is 0. The first kappa shape index (κ1) is 8.53. The molecule has 1 fully saturated rings. The van der Waals surface area contributed by atoms with Crippen LogP contribution >= 0.6 is 0 Å². The van der Waals surface area contributed by atoms with Crippen LogP contribution in [0.2, 0.25) is 0 Å². The van der Waals surface area contributed by atoms with E-state index in [0.717, 1.165) is 0 Å². The zero-order valence-corrected chi connectivity index (χ0v) is 6.62. The molecule has 0 saturated carbocycles. The van der Waals surface area contributed by atoms with Crippen molar-refractivity contribution < 1.29 is 9.90 Å². The number of aliphatic hydroxyl groups excluding tert-OH is 1. The van der Waals surface area contributed by atoms with Gasteiger partial charge in [0.05, 0.1) is 6.10 Å². The molecular formula is C8H14NO2. The number of likely N-dealkylation sites (tertiary alicyclic amines) is 1. The van der Waals surface area contributed by atoms with E-state index in [0.29, 0.717) is 32.4 Å². The van der Waals surface area contributed by atoms with Gasteiger partial charge >= 0.3 is 0 Å². The highest BCUT2D eigenvalue weighted by Crippen LogP contribution is 2.10. The smallest absolute Gasteiger partial charge is 0.222 e. The standard InChI is InChI=1S/C8H14NO2/c1-2-8(11)9-5-3-7(10)4-6-9/h7,10H,1-6H2. The molecule has 1 N–H and O–H groups in total. The molecule has 1 aliphatic heterocycles. The first-order valence-electron chi connectivity index (χ1n) is 3.99. The van der Waals surface area contributed by atoms with Crippen LogP contribution in [0, 0.1) is 6.92 Å². The van der Waals surface area contributed by atoms with E-state index in [-0.39, 0.29) is 12.0 Å². The van der Waals surface area contributed by atoms with Crippen LogP contribution < -0.4 is 0 Å². The Morgan fingerprint density at radius 1 is 1.55 bits per heavy atom. The summed E-state index contributed by atoms with van der Waals surface area (Å²) in [4.78, 5) is 12.8. The molecule has 0 aliphatic carbocycles. The number of carbonyl (C=O) groups is 1. The zero-order chi connectivity index (χ0) is 8.27. The van der Waals surface area contributed by atoms with Crippen LogP contribution in [0.4, 0.5) is 0 Å². The molecule has 3 nitrogen and oxygen atoms in total. The molecular weight excluding hydrogens is 142 g/mol. The molecule has 63 valence electrons. The Morgan fingerprint density at radius 2 is 2.09 bits per heavy atom. The van der Waals surface area contributed by atoms with E-state index in [1.807, 2.05) is 0 Å². The molecule has 1 rings (SSSR count). The predicted octanol–water partition coefficient (Wildman–Crippen LogP) is 0.194. The van der Waals surface area contributed by atoms with Crippen molar-refractivity contribution in [2.75, 3.05) is 13.1 Å². The molecule has 0 unspecified atom stereocenters. The van der Waals surface area contributed by atoms with Gasteiger partial charge in [-0.05, 0) is 19.8 Å². The highest BCUT2D eigenvalue weighted by molar-refractivity contribution is 5.76. The molecule has 1 amide bonds. The third-order valence-electron chi connectivity index (χ3n) is 2.03. The van der Waals surface area contributed by atoms with Crippen molar-refractivity contribution in [1.29, 1.82) is 0 Å². The molecule has 0 aromatic heterocycles. The topological polar surface area (TPSA) is 40.5 Å². The third-order valence-corrected chi connectivity index (χ3v) is 2.03. The average Bonchev–Trinajstić information content (AvgIpc) is 2.05. The Labute approximate surface area is 67.0 Å². The normalized spacial score (nSPS) is 20.4. The second kappa shape index (κ2) is 3.72. The van der Waals surface area contributed by atoms with Crippen LogP contribution in [0.3, 0.4) is 0 Å². The fourth-order valence-electron chi connectivity index (χ4n) is 1.27. The quantitative estimate of drug-likeness (QED) is 0.589. The van der Waals surface area contributed by atoms with Gasteiger partial charge in [0.15, 0.2) is 0 Å². The molecule has 11 heavy (non-hydrogen) atoms. The van der Waals surface area contributed by atoms with Gasteiger partial charge in [-0.25, -0.2) is 0 Å². The van der Waals surface area contributed by atoms with Crippen molar-refractivity contribution >= 4 is 5.91 Å². The molecule has 0 spiro atoms. The van der Waals surface area contributed by atoms with Crippen LogP contribution in [0.1, 0.15) is 19.3 Å². The number of amides is 1. The van der Waals surface area contributed by atoms with Gasteiger partial charge in [0.2, 0.25) is 5.91 Å². The lowest BCUT2D eigenvalue weighted by molar-refractivity contribution is -0.132. The van der Waals surface area contributed by atoms with Crippen molar-refractivity contribution in [1.82, 2.24) is 4.90 Å². The van der Waals surface area contributed by atoms with E-state index in [9.17, 15) is 4.79 Å². The largest absolute Gasteiger partial charge is 0.393 e. The lowest BCUT2D eigenvalue weighted by atomic mass is 10.1. The summed E-state index contributed by atoms with van der Waals surface area (Å²) in [5.41, 5.74) is 0. The predicted molar refractivity (Wildman–Crippen MR) is 41.8 cm³/mol. The summed E-state index contributed by atoms with van der Waals surface area (Å²) in [5, 5.41) is 9.13. The summed E-state index contributed by atoms with van der Waals surface area (Å²) >= 11 is 0. The Bertz CT molecular complexity index is 139. The van der Waals surface area contributed by atoms with Gasteiger partial charge in [0.25, 0.3) is 0 Å². The molecule has 0 aromatic carbocycles. The minimum absolute atomic E-state index is 0.0944. The van der Waals surface area contributed by atoms with E-state index in [4.69, 9.17) is 5.11 Å². The lowest BCUT2D eigenvalue weighted by Crippen LogP contribution is -2.39. The fraction of sp³-hybridized carbons (Fsp3) is 0.750. The number of hydrogen-bond donors (Lipinski definition) is 1. The highest BCUT2D eigenvalue weighted by atomic mass is 16.3. The van der Waals surface area contributed by atoms with Crippen LogP contribution in [-0.2, 0) is 4.79 Å². The maximum absolute atomic E-state index is 11.1. The first-order chi connectivity index (χ1) is 5.24. The molecule has 1 heterocycles. The Hall–Kier alpha value is -0.570. The van der Waals surface area contributed by atoms with Gasteiger partial charge in [-0.15, -0.1) is 0 Å². The minimum Gasteiger partial charge on any atom is -0.393 e. The van der Waals surface area contributed by atoms with E-state index in [2.05, 4.69) is 6.92 Å². The molecule has 0 atom stereocenters.